The fraction of sp³-hybridized carbons (Fsp3) is 0.412. The molecule has 0 amide bonds. The van der Waals surface area contributed by atoms with E-state index in [0.29, 0.717) is 18.9 Å². The number of aromatic nitrogens is 1. The van der Waals surface area contributed by atoms with Crippen LogP contribution >= 0.6 is 0 Å². The van der Waals surface area contributed by atoms with Crippen LogP contribution in [0.3, 0.4) is 0 Å². The fourth-order valence-corrected chi connectivity index (χ4v) is 2.17. The molecule has 2 rings (SSSR count). The number of carbonyl (C=O) groups excluding carboxylic acids is 1. The Balaban J connectivity index is 1.86. The van der Waals surface area contributed by atoms with Crippen molar-refractivity contribution in [1.82, 2.24) is 10.3 Å². The van der Waals surface area contributed by atoms with Gasteiger partial charge in [-0.1, -0.05) is 38.1 Å². The van der Waals surface area contributed by atoms with Crippen LogP contribution in [-0.2, 0) is 11.2 Å². The molecule has 0 saturated heterocycles. The van der Waals surface area contributed by atoms with Crippen molar-refractivity contribution in [2.24, 2.45) is 0 Å². The molecule has 0 atom stereocenters. The minimum Gasteiger partial charge on any atom is -0.315 e. The summed E-state index contributed by atoms with van der Waals surface area (Å²) in [6.07, 6.45) is 1.95. The second kappa shape index (κ2) is 7.15. The number of rotatable bonds is 7. The smallest absolute Gasteiger partial charge is 0.138 e. The first-order valence-electron chi connectivity index (χ1n) is 7.25. The van der Waals surface area contributed by atoms with E-state index >= 15 is 0 Å². The molecule has 20 heavy (non-hydrogen) atoms. The maximum absolute atomic E-state index is 11.9. The van der Waals surface area contributed by atoms with E-state index in [0.717, 1.165) is 29.6 Å². The van der Waals surface area contributed by atoms with Gasteiger partial charge in [-0.3, -0.25) is 9.78 Å². The van der Waals surface area contributed by atoms with Gasteiger partial charge in [0, 0.05) is 30.0 Å². The van der Waals surface area contributed by atoms with E-state index in [-0.39, 0.29) is 5.78 Å². The van der Waals surface area contributed by atoms with E-state index in [4.69, 9.17) is 0 Å². The van der Waals surface area contributed by atoms with Crippen molar-refractivity contribution in [3.05, 3.63) is 42.1 Å². The molecule has 0 radical (unpaired) electrons. The zero-order valence-electron chi connectivity index (χ0n) is 12.2. The monoisotopic (exact) mass is 270 g/mol. The molecule has 2 aromatic rings. The maximum Gasteiger partial charge on any atom is 0.138 e. The number of para-hydroxylation sites is 1. The van der Waals surface area contributed by atoms with E-state index in [9.17, 15) is 4.79 Å². The van der Waals surface area contributed by atoms with Crippen molar-refractivity contribution in [2.45, 2.75) is 39.2 Å². The fourth-order valence-electron chi connectivity index (χ4n) is 2.17. The zero-order valence-corrected chi connectivity index (χ0v) is 12.2. The van der Waals surface area contributed by atoms with Crippen LogP contribution in [0, 0.1) is 0 Å². The number of nitrogens with zero attached hydrogens (tertiary/aromatic N) is 1. The summed E-state index contributed by atoms with van der Waals surface area (Å²) in [6.45, 7) is 5.12. The molecule has 0 spiro atoms. The van der Waals surface area contributed by atoms with E-state index in [1.807, 2.05) is 36.4 Å². The predicted molar refractivity (Wildman–Crippen MR) is 82.8 cm³/mol. The molecule has 0 aliphatic carbocycles. The third-order valence-corrected chi connectivity index (χ3v) is 3.22. The molecule has 3 nitrogen and oxygen atoms in total. The number of Topliss-reactive ketones (excluding diaryl/α,β-unsaturated/α-hetero) is 1. The highest BCUT2D eigenvalue weighted by Gasteiger charge is 2.06. The second-order valence-electron chi connectivity index (χ2n) is 5.42. The number of ketones is 1. The highest BCUT2D eigenvalue weighted by molar-refractivity contribution is 5.82. The molecule has 106 valence electrons. The summed E-state index contributed by atoms with van der Waals surface area (Å²) >= 11 is 0. The highest BCUT2D eigenvalue weighted by atomic mass is 16.1. The van der Waals surface area contributed by atoms with Gasteiger partial charge in [-0.05, 0) is 25.1 Å². The van der Waals surface area contributed by atoms with Crippen molar-refractivity contribution in [1.29, 1.82) is 0 Å². The Morgan fingerprint density at radius 2 is 2.00 bits per heavy atom. The summed E-state index contributed by atoms with van der Waals surface area (Å²) in [5.41, 5.74) is 1.82. The molecule has 1 heterocycles. The van der Waals surface area contributed by atoms with Gasteiger partial charge in [0.2, 0.25) is 0 Å². The molecule has 3 heteroatoms. The first kappa shape index (κ1) is 14.7. The molecule has 0 unspecified atom stereocenters. The van der Waals surface area contributed by atoms with Crippen molar-refractivity contribution < 1.29 is 4.79 Å². The van der Waals surface area contributed by atoms with Crippen LogP contribution in [0.25, 0.3) is 10.9 Å². The molecule has 0 saturated carbocycles. The number of fused-ring (bicyclic) bond motifs is 1. The van der Waals surface area contributed by atoms with Crippen LogP contribution in [-0.4, -0.2) is 23.4 Å². The van der Waals surface area contributed by atoms with Crippen molar-refractivity contribution in [3.63, 3.8) is 0 Å². The molecule has 1 N–H and O–H groups in total. The molecule has 0 aliphatic rings. The molecule has 1 aromatic carbocycles. The molecular formula is C17H22N2O. The Hall–Kier alpha value is -1.74. The Morgan fingerprint density at radius 1 is 1.20 bits per heavy atom. The van der Waals surface area contributed by atoms with Gasteiger partial charge in [-0.2, -0.15) is 0 Å². The van der Waals surface area contributed by atoms with Gasteiger partial charge in [-0.15, -0.1) is 0 Å². The van der Waals surface area contributed by atoms with Gasteiger partial charge < -0.3 is 5.32 Å². The lowest BCUT2D eigenvalue weighted by molar-refractivity contribution is -0.118. The lowest BCUT2D eigenvalue weighted by atomic mass is 10.1. The van der Waals surface area contributed by atoms with Gasteiger partial charge in [0.1, 0.15) is 5.78 Å². The first-order chi connectivity index (χ1) is 9.65. The third-order valence-electron chi connectivity index (χ3n) is 3.22. The quantitative estimate of drug-likeness (QED) is 0.786. The number of pyridine rings is 1. The summed E-state index contributed by atoms with van der Waals surface area (Å²) in [7, 11) is 0. The summed E-state index contributed by atoms with van der Waals surface area (Å²) in [6, 6.07) is 12.4. The SMILES string of the molecule is CC(C)NCCCC(=O)Cc1ccc2ccccc2n1. The summed E-state index contributed by atoms with van der Waals surface area (Å²) in [5, 5.41) is 4.44. The maximum atomic E-state index is 11.9. The van der Waals surface area contributed by atoms with E-state index < -0.39 is 0 Å². The Bertz CT molecular complexity index is 578. The zero-order chi connectivity index (χ0) is 14.4. The van der Waals surface area contributed by atoms with Crippen molar-refractivity contribution in [3.8, 4) is 0 Å². The van der Waals surface area contributed by atoms with E-state index in [1.54, 1.807) is 0 Å². The van der Waals surface area contributed by atoms with Gasteiger partial charge >= 0.3 is 0 Å². The van der Waals surface area contributed by atoms with Gasteiger partial charge in [0.05, 0.1) is 5.52 Å². The van der Waals surface area contributed by atoms with E-state index in [2.05, 4.69) is 24.1 Å². The lowest BCUT2D eigenvalue weighted by Crippen LogP contribution is -2.24. The summed E-state index contributed by atoms with van der Waals surface area (Å²) < 4.78 is 0. The van der Waals surface area contributed by atoms with E-state index in [1.165, 1.54) is 0 Å². The van der Waals surface area contributed by atoms with Crippen molar-refractivity contribution >= 4 is 16.7 Å². The average molecular weight is 270 g/mol. The van der Waals surface area contributed by atoms with Gasteiger partial charge in [-0.25, -0.2) is 0 Å². The predicted octanol–water partition coefficient (Wildman–Crippen LogP) is 3.12. The van der Waals surface area contributed by atoms with Crippen LogP contribution in [0.5, 0.6) is 0 Å². The third kappa shape index (κ3) is 4.42. The second-order valence-corrected chi connectivity index (χ2v) is 5.42. The Labute approximate surface area is 120 Å². The Kier molecular flexibility index (Phi) is 5.24. The Morgan fingerprint density at radius 3 is 2.80 bits per heavy atom. The number of benzene rings is 1. The lowest BCUT2D eigenvalue weighted by Gasteiger charge is -2.07. The first-order valence-corrected chi connectivity index (χ1v) is 7.25. The van der Waals surface area contributed by atoms with Crippen LogP contribution in [0.1, 0.15) is 32.4 Å². The molecule has 0 bridgehead atoms. The van der Waals surface area contributed by atoms with Crippen LogP contribution < -0.4 is 5.32 Å². The molecule has 0 fully saturated rings. The summed E-state index contributed by atoms with van der Waals surface area (Å²) in [5.74, 6) is 0.262. The van der Waals surface area contributed by atoms with Crippen LogP contribution in [0.2, 0.25) is 0 Å². The van der Waals surface area contributed by atoms with Gasteiger partial charge in [0.15, 0.2) is 0 Å². The van der Waals surface area contributed by atoms with Crippen LogP contribution in [0.15, 0.2) is 36.4 Å². The number of hydrogen-bond acceptors (Lipinski definition) is 3. The van der Waals surface area contributed by atoms with Crippen LogP contribution in [0.4, 0.5) is 0 Å². The number of nitrogens with one attached hydrogen (secondary N) is 1. The standard InChI is InChI=1S/C17H22N2O/c1-13(2)18-11-5-7-16(20)12-15-10-9-14-6-3-4-8-17(14)19-15/h3-4,6,8-10,13,18H,5,7,11-12H2,1-2H3. The molecule has 0 aliphatic heterocycles. The number of hydrogen-bond donors (Lipinski definition) is 1. The van der Waals surface area contributed by atoms with Crippen molar-refractivity contribution in [2.75, 3.05) is 6.54 Å². The van der Waals surface area contributed by atoms with Gasteiger partial charge in [0.25, 0.3) is 0 Å². The topological polar surface area (TPSA) is 42.0 Å². The number of carbonyl (C=O) groups is 1. The minimum atomic E-state index is 0.262. The largest absolute Gasteiger partial charge is 0.315 e. The minimum absolute atomic E-state index is 0.262. The molecular weight excluding hydrogens is 248 g/mol. The average Bonchev–Trinajstić information content (AvgIpc) is 2.43. The normalized spacial score (nSPS) is 11.2. The highest BCUT2D eigenvalue weighted by Crippen LogP contribution is 2.12. The molecule has 1 aromatic heterocycles. The summed E-state index contributed by atoms with van der Waals surface area (Å²) in [4.78, 5) is 16.5.